The van der Waals surface area contributed by atoms with Crippen LogP contribution in [0, 0.1) is 5.92 Å². The van der Waals surface area contributed by atoms with Crippen LogP contribution in [0.3, 0.4) is 0 Å². The zero-order valence-electron chi connectivity index (χ0n) is 20.4. The Kier molecular flexibility index (Phi) is 8.16. The largest absolute Gasteiger partial charge is 0.368 e. The summed E-state index contributed by atoms with van der Waals surface area (Å²) in [4.78, 5) is 20.8. The quantitative estimate of drug-likeness (QED) is 0.365. The van der Waals surface area contributed by atoms with Crippen LogP contribution in [-0.4, -0.2) is 65.5 Å². The maximum Gasteiger partial charge on any atom is 0.145 e. The van der Waals surface area contributed by atoms with Gasteiger partial charge in [-0.1, -0.05) is 20.4 Å². The van der Waals surface area contributed by atoms with Crippen molar-refractivity contribution >= 4 is 23.4 Å². The van der Waals surface area contributed by atoms with Crippen molar-refractivity contribution in [2.45, 2.75) is 27.2 Å². The summed E-state index contributed by atoms with van der Waals surface area (Å²) in [5.74, 6) is 0.342. The molecule has 1 aromatic heterocycles. The molecule has 1 aromatic rings. The zero-order valence-corrected chi connectivity index (χ0v) is 20.4. The minimum atomic E-state index is 0.342. The maximum atomic E-state index is 11.4. The lowest BCUT2D eigenvalue weighted by Gasteiger charge is -2.34. The lowest BCUT2D eigenvalue weighted by molar-refractivity contribution is -0.104. The molecule has 0 bridgehead atoms. The Bertz CT molecular complexity index is 1070. The Morgan fingerprint density at radius 3 is 2.58 bits per heavy atom. The van der Waals surface area contributed by atoms with E-state index in [1.165, 1.54) is 11.2 Å². The second-order valence-corrected chi connectivity index (χ2v) is 8.60. The van der Waals surface area contributed by atoms with Gasteiger partial charge in [0.15, 0.2) is 0 Å². The van der Waals surface area contributed by atoms with E-state index >= 15 is 0 Å². The van der Waals surface area contributed by atoms with Crippen molar-refractivity contribution in [1.82, 2.24) is 14.6 Å². The highest BCUT2D eigenvalue weighted by molar-refractivity contribution is 6.10. The molecule has 0 N–H and O–H groups in total. The fourth-order valence-corrected chi connectivity index (χ4v) is 3.53. The van der Waals surface area contributed by atoms with Crippen molar-refractivity contribution in [3.05, 3.63) is 60.0 Å². The number of aromatic nitrogens is 1. The van der Waals surface area contributed by atoms with E-state index in [2.05, 4.69) is 59.7 Å². The molecular formula is C25H35N7O. The van der Waals surface area contributed by atoms with E-state index in [0.717, 1.165) is 55.8 Å². The Labute approximate surface area is 196 Å². The van der Waals surface area contributed by atoms with Gasteiger partial charge in [0, 0.05) is 51.2 Å². The Hall–Kier alpha value is -3.26. The molecule has 176 valence electrons. The van der Waals surface area contributed by atoms with Crippen LogP contribution in [-0.2, 0) is 11.8 Å². The molecule has 8 nitrogen and oxygen atoms in total. The van der Waals surface area contributed by atoms with Crippen molar-refractivity contribution in [3.63, 3.8) is 0 Å². The topological polar surface area (TPSA) is 68.8 Å². The third kappa shape index (κ3) is 6.16. The lowest BCUT2D eigenvalue weighted by atomic mass is 10.1. The SMILES string of the molecule is C=C1C=CC(/C(=C/C=O)N=c2ccc(N3CCN(C)CC3)cn2C)=NN1/N=C(/C)C(C)CC. The van der Waals surface area contributed by atoms with Crippen molar-refractivity contribution in [3.8, 4) is 0 Å². The van der Waals surface area contributed by atoms with E-state index in [9.17, 15) is 4.79 Å². The van der Waals surface area contributed by atoms with Gasteiger partial charge in [-0.3, -0.25) is 4.79 Å². The number of carbonyl (C=O) groups is 1. The predicted molar refractivity (Wildman–Crippen MR) is 135 cm³/mol. The fraction of sp³-hybridized carbons (Fsp3) is 0.440. The van der Waals surface area contributed by atoms with Gasteiger partial charge in [0.25, 0.3) is 0 Å². The molecule has 1 atom stereocenters. The highest BCUT2D eigenvalue weighted by Gasteiger charge is 2.16. The number of hydrogen-bond acceptors (Lipinski definition) is 7. The number of hydrazone groups is 2. The first-order valence-electron chi connectivity index (χ1n) is 11.4. The van der Waals surface area contributed by atoms with Gasteiger partial charge in [-0.2, -0.15) is 10.2 Å². The second kappa shape index (κ2) is 11.0. The van der Waals surface area contributed by atoms with Crippen molar-refractivity contribution in [1.29, 1.82) is 0 Å². The van der Waals surface area contributed by atoms with Crippen LogP contribution in [0.2, 0.25) is 0 Å². The summed E-state index contributed by atoms with van der Waals surface area (Å²) in [7, 11) is 4.11. The zero-order chi connectivity index (χ0) is 24.0. The number of rotatable bonds is 7. The molecule has 1 saturated heterocycles. The van der Waals surface area contributed by atoms with Crippen LogP contribution < -0.4 is 10.4 Å². The molecule has 3 heterocycles. The number of hydrogen-bond donors (Lipinski definition) is 0. The molecule has 0 spiro atoms. The number of allylic oxidation sites excluding steroid dienone is 3. The lowest BCUT2D eigenvalue weighted by Crippen LogP contribution is -2.44. The van der Waals surface area contributed by atoms with Crippen molar-refractivity contribution in [2.24, 2.45) is 28.2 Å². The summed E-state index contributed by atoms with van der Waals surface area (Å²) < 4.78 is 1.97. The van der Waals surface area contributed by atoms with Gasteiger partial charge >= 0.3 is 0 Å². The minimum absolute atomic E-state index is 0.342. The third-order valence-corrected chi connectivity index (χ3v) is 6.15. The molecule has 2 aliphatic heterocycles. The first kappa shape index (κ1) is 24.4. The molecule has 2 aliphatic rings. The molecule has 3 rings (SSSR count). The summed E-state index contributed by atoms with van der Waals surface area (Å²) in [6.07, 6.45) is 8.87. The number of piperazine rings is 1. The van der Waals surface area contributed by atoms with Gasteiger partial charge in [0.05, 0.1) is 17.1 Å². The number of aldehydes is 1. The van der Waals surface area contributed by atoms with E-state index in [1.54, 1.807) is 0 Å². The Morgan fingerprint density at radius 1 is 1.21 bits per heavy atom. The van der Waals surface area contributed by atoms with Crippen LogP contribution in [0.4, 0.5) is 5.69 Å². The number of likely N-dealkylation sites (N-methyl/N-ethyl adjacent to an activating group) is 1. The van der Waals surface area contributed by atoms with Gasteiger partial charge in [-0.15, -0.1) is 5.10 Å². The number of anilines is 1. The highest BCUT2D eigenvalue weighted by atomic mass is 16.1. The maximum absolute atomic E-state index is 11.4. The van der Waals surface area contributed by atoms with Gasteiger partial charge in [-0.25, -0.2) is 4.99 Å². The normalized spacial score (nSPS) is 19.7. The van der Waals surface area contributed by atoms with Crippen LogP contribution >= 0.6 is 0 Å². The molecule has 0 amide bonds. The van der Waals surface area contributed by atoms with Gasteiger partial charge in [-0.05, 0) is 50.6 Å². The van der Waals surface area contributed by atoms with E-state index < -0.39 is 0 Å². The summed E-state index contributed by atoms with van der Waals surface area (Å²) >= 11 is 0. The highest BCUT2D eigenvalue weighted by Crippen LogP contribution is 2.18. The van der Waals surface area contributed by atoms with E-state index in [-0.39, 0.29) is 0 Å². The van der Waals surface area contributed by atoms with E-state index in [4.69, 9.17) is 4.99 Å². The summed E-state index contributed by atoms with van der Waals surface area (Å²) in [6, 6.07) is 4.05. The number of carbonyl (C=O) groups excluding carboxylic acids is 1. The summed E-state index contributed by atoms with van der Waals surface area (Å²) in [6.45, 7) is 14.4. The monoisotopic (exact) mass is 449 g/mol. The summed E-state index contributed by atoms with van der Waals surface area (Å²) in [5.41, 5.74) is 4.55. The van der Waals surface area contributed by atoms with Crippen molar-refractivity contribution in [2.75, 3.05) is 38.1 Å². The smallest absolute Gasteiger partial charge is 0.145 e. The second-order valence-electron chi connectivity index (χ2n) is 8.60. The Morgan fingerprint density at radius 2 is 1.94 bits per heavy atom. The standard InChI is InChI=1S/C25H35N7O/c1-7-19(2)21(4)27-32-20(3)8-10-24(28-32)23(12-17-33)26-25-11-9-22(18-30(25)6)31-15-13-29(5)14-16-31/h8-12,17-19H,3,7,13-16H2,1-2,4-6H3/b23-12-,26-25?,27-21-. The molecule has 0 aromatic carbocycles. The third-order valence-electron chi connectivity index (χ3n) is 6.15. The molecular weight excluding hydrogens is 414 g/mol. The number of pyridine rings is 1. The van der Waals surface area contributed by atoms with Crippen molar-refractivity contribution < 1.29 is 4.79 Å². The minimum Gasteiger partial charge on any atom is -0.368 e. The predicted octanol–water partition coefficient (Wildman–Crippen LogP) is 2.92. The van der Waals surface area contributed by atoms with Crippen LogP contribution in [0.25, 0.3) is 0 Å². The van der Waals surface area contributed by atoms with Crippen LogP contribution in [0.15, 0.2) is 69.7 Å². The summed E-state index contributed by atoms with van der Waals surface area (Å²) in [5, 5.41) is 10.7. The molecule has 8 heteroatoms. The molecule has 0 radical (unpaired) electrons. The van der Waals surface area contributed by atoms with E-state index in [0.29, 0.717) is 23.0 Å². The first-order valence-corrected chi connectivity index (χ1v) is 11.4. The van der Waals surface area contributed by atoms with Gasteiger partial charge < -0.3 is 14.4 Å². The number of aryl methyl sites for hydroxylation is 1. The van der Waals surface area contributed by atoms with Gasteiger partial charge in [0.2, 0.25) is 0 Å². The Balaban J connectivity index is 1.90. The van der Waals surface area contributed by atoms with Gasteiger partial charge in [0.1, 0.15) is 17.5 Å². The fourth-order valence-electron chi connectivity index (χ4n) is 3.53. The molecule has 33 heavy (non-hydrogen) atoms. The molecule has 1 fully saturated rings. The molecule has 0 aliphatic carbocycles. The van der Waals surface area contributed by atoms with E-state index in [1.807, 2.05) is 36.8 Å². The first-order chi connectivity index (χ1) is 15.8. The van der Waals surface area contributed by atoms with Crippen LogP contribution in [0.1, 0.15) is 27.2 Å². The molecule has 0 saturated carbocycles. The van der Waals surface area contributed by atoms with Crippen LogP contribution in [0.5, 0.6) is 0 Å². The average Bonchev–Trinajstić information content (AvgIpc) is 2.81. The molecule has 1 unspecified atom stereocenters. The average molecular weight is 450 g/mol. The number of nitrogens with zero attached hydrogens (tertiary/aromatic N) is 7.